The van der Waals surface area contributed by atoms with Crippen LogP contribution in [0.15, 0.2) is 0 Å². The third-order valence-corrected chi connectivity index (χ3v) is 2.22. The summed E-state index contributed by atoms with van der Waals surface area (Å²) in [5, 5.41) is 8.48. The SMILES string of the molecule is CCO[P+](=O)CC(C#N)OC(C)=O. The van der Waals surface area contributed by atoms with E-state index in [1.165, 1.54) is 6.92 Å². The van der Waals surface area contributed by atoms with Crippen molar-refractivity contribution in [2.75, 3.05) is 12.8 Å². The molecule has 0 bridgehead atoms. The quantitative estimate of drug-likeness (QED) is 0.497. The van der Waals surface area contributed by atoms with Crippen LogP contribution in [0.25, 0.3) is 0 Å². The molecule has 0 heterocycles. The van der Waals surface area contributed by atoms with Crippen molar-refractivity contribution in [2.45, 2.75) is 20.0 Å². The van der Waals surface area contributed by atoms with Crippen molar-refractivity contribution in [1.82, 2.24) is 0 Å². The Morgan fingerprint density at radius 2 is 2.31 bits per heavy atom. The minimum absolute atomic E-state index is 0.0702. The van der Waals surface area contributed by atoms with Crippen molar-refractivity contribution in [3.8, 4) is 6.07 Å². The number of carbonyl (C=O) groups is 1. The second-order valence-corrected chi connectivity index (χ2v) is 3.45. The molecule has 0 saturated heterocycles. The molecule has 13 heavy (non-hydrogen) atoms. The summed E-state index contributed by atoms with van der Waals surface area (Å²) < 4.78 is 20.3. The maximum atomic E-state index is 11.0. The standard InChI is InChI=1S/C7H11NO4P/c1-3-11-13(10)5-7(4-8)12-6(2)9/h7H,3,5H2,1-2H3/q+1. The molecule has 0 aromatic carbocycles. The molecule has 0 spiro atoms. The first kappa shape index (κ1) is 12.0. The average Bonchev–Trinajstić information content (AvgIpc) is 2.02. The minimum Gasteiger partial charge on any atom is -0.442 e. The van der Waals surface area contributed by atoms with Gasteiger partial charge in [0, 0.05) is 6.92 Å². The minimum atomic E-state index is -1.91. The van der Waals surface area contributed by atoms with E-state index in [4.69, 9.17) is 9.79 Å². The number of carbonyl (C=O) groups excluding carboxylic acids is 1. The van der Waals surface area contributed by atoms with E-state index in [-0.39, 0.29) is 6.16 Å². The molecule has 0 aliphatic rings. The number of ether oxygens (including phenoxy) is 1. The van der Waals surface area contributed by atoms with E-state index in [9.17, 15) is 9.36 Å². The van der Waals surface area contributed by atoms with Crippen LogP contribution in [0.4, 0.5) is 0 Å². The molecule has 0 aromatic heterocycles. The second kappa shape index (κ2) is 6.53. The van der Waals surface area contributed by atoms with E-state index < -0.39 is 20.1 Å². The molecule has 6 heteroatoms. The third-order valence-electron chi connectivity index (χ3n) is 1.04. The van der Waals surface area contributed by atoms with Crippen LogP contribution >= 0.6 is 8.03 Å². The first-order valence-corrected chi connectivity index (χ1v) is 5.10. The van der Waals surface area contributed by atoms with Gasteiger partial charge in [-0.3, -0.25) is 4.79 Å². The normalized spacial score (nSPS) is 12.8. The molecule has 0 saturated carbocycles. The molecule has 0 N–H and O–H groups in total. The smallest absolute Gasteiger partial charge is 0.442 e. The van der Waals surface area contributed by atoms with Gasteiger partial charge in [-0.05, 0) is 11.5 Å². The number of nitriles is 1. The molecule has 0 radical (unpaired) electrons. The van der Waals surface area contributed by atoms with Crippen LogP contribution < -0.4 is 0 Å². The van der Waals surface area contributed by atoms with Gasteiger partial charge in [-0.1, -0.05) is 0 Å². The van der Waals surface area contributed by atoms with Crippen molar-refractivity contribution in [3.05, 3.63) is 0 Å². The summed E-state index contributed by atoms with van der Waals surface area (Å²) in [5.74, 6) is -0.563. The van der Waals surface area contributed by atoms with Gasteiger partial charge < -0.3 is 4.74 Å². The second-order valence-electron chi connectivity index (χ2n) is 2.16. The van der Waals surface area contributed by atoms with E-state index in [1.54, 1.807) is 13.0 Å². The highest BCUT2D eigenvalue weighted by atomic mass is 31.1. The number of hydrogen-bond acceptors (Lipinski definition) is 5. The van der Waals surface area contributed by atoms with E-state index in [1.807, 2.05) is 0 Å². The van der Waals surface area contributed by atoms with Gasteiger partial charge in [0.15, 0.2) is 0 Å². The van der Waals surface area contributed by atoms with Crippen molar-refractivity contribution in [2.24, 2.45) is 0 Å². The van der Waals surface area contributed by atoms with Crippen molar-refractivity contribution in [3.63, 3.8) is 0 Å². The molecule has 2 atom stereocenters. The highest BCUT2D eigenvalue weighted by Crippen LogP contribution is 2.23. The number of hydrogen-bond donors (Lipinski definition) is 0. The predicted octanol–water partition coefficient (Wildman–Crippen LogP) is 1.22. The Kier molecular flexibility index (Phi) is 6.03. The lowest BCUT2D eigenvalue weighted by Gasteiger charge is -2.01. The van der Waals surface area contributed by atoms with Crippen LogP contribution in [0.1, 0.15) is 13.8 Å². The predicted molar refractivity (Wildman–Crippen MR) is 45.3 cm³/mol. The van der Waals surface area contributed by atoms with Crippen LogP contribution in [0.5, 0.6) is 0 Å². The molecule has 0 fully saturated rings. The van der Waals surface area contributed by atoms with Gasteiger partial charge in [0.25, 0.3) is 0 Å². The maximum absolute atomic E-state index is 11.0. The van der Waals surface area contributed by atoms with E-state index in [0.717, 1.165) is 0 Å². The van der Waals surface area contributed by atoms with Gasteiger partial charge in [-0.2, -0.15) is 5.26 Å². The molecule has 72 valence electrons. The summed E-state index contributed by atoms with van der Waals surface area (Å²) in [6, 6.07) is 1.72. The summed E-state index contributed by atoms with van der Waals surface area (Å²) in [4.78, 5) is 10.4. The maximum Gasteiger partial charge on any atom is 0.513 e. The molecule has 2 unspecified atom stereocenters. The van der Waals surface area contributed by atoms with Crippen LogP contribution in [0, 0.1) is 11.3 Å². The molecule has 0 aliphatic carbocycles. The molecule has 0 aliphatic heterocycles. The third kappa shape index (κ3) is 6.21. The lowest BCUT2D eigenvalue weighted by atomic mass is 10.4. The summed E-state index contributed by atoms with van der Waals surface area (Å²) in [7, 11) is -1.91. The topological polar surface area (TPSA) is 76.4 Å². The van der Waals surface area contributed by atoms with Gasteiger partial charge in [0.2, 0.25) is 12.3 Å². The van der Waals surface area contributed by atoms with E-state index in [2.05, 4.69) is 4.74 Å². The van der Waals surface area contributed by atoms with Gasteiger partial charge in [0.05, 0.1) is 6.61 Å². The first-order valence-electron chi connectivity index (χ1n) is 3.74. The molecular weight excluding hydrogens is 193 g/mol. The Hall–Kier alpha value is -0.980. The Morgan fingerprint density at radius 3 is 2.69 bits per heavy atom. The fourth-order valence-corrected chi connectivity index (χ4v) is 1.46. The largest absolute Gasteiger partial charge is 0.513 e. The molecule has 0 rings (SSSR count). The highest BCUT2D eigenvalue weighted by Gasteiger charge is 2.26. The van der Waals surface area contributed by atoms with Crippen molar-refractivity contribution >= 4 is 14.0 Å². The van der Waals surface area contributed by atoms with Crippen molar-refractivity contribution in [1.29, 1.82) is 5.26 Å². The summed E-state index contributed by atoms with van der Waals surface area (Å²) >= 11 is 0. The van der Waals surface area contributed by atoms with Gasteiger partial charge in [-0.25, -0.2) is 0 Å². The zero-order chi connectivity index (χ0) is 10.3. The van der Waals surface area contributed by atoms with Gasteiger partial charge in [0.1, 0.15) is 6.07 Å². The Morgan fingerprint density at radius 1 is 1.69 bits per heavy atom. The zero-order valence-corrected chi connectivity index (χ0v) is 8.41. The fourth-order valence-electron chi connectivity index (χ4n) is 0.637. The van der Waals surface area contributed by atoms with Gasteiger partial charge >= 0.3 is 14.0 Å². The molecule has 0 amide bonds. The average molecular weight is 204 g/mol. The van der Waals surface area contributed by atoms with E-state index >= 15 is 0 Å². The fraction of sp³-hybridized carbons (Fsp3) is 0.714. The first-order chi connectivity index (χ1) is 6.10. The van der Waals surface area contributed by atoms with Gasteiger partial charge in [-0.15, -0.1) is 4.52 Å². The Bertz CT molecular complexity index is 235. The Labute approximate surface area is 77.5 Å². The number of nitrogens with zero attached hydrogens (tertiary/aromatic N) is 1. The number of esters is 1. The monoisotopic (exact) mass is 204 g/mol. The molecule has 0 aromatic rings. The lowest BCUT2D eigenvalue weighted by molar-refractivity contribution is -0.142. The van der Waals surface area contributed by atoms with E-state index in [0.29, 0.717) is 6.61 Å². The number of rotatable bonds is 5. The molecular formula is C7H11NO4P+. The van der Waals surface area contributed by atoms with Crippen LogP contribution in [-0.2, 0) is 18.6 Å². The van der Waals surface area contributed by atoms with Crippen LogP contribution in [-0.4, -0.2) is 24.8 Å². The Balaban J connectivity index is 3.92. The summed E-state index contributed by atoms with van der Waals surface area (Å²) in [6.07, 6.45) is -1.05. The highest BCUT2D eigenvalue weighted by molar-refractivity contribution is 7.39. The summed E-state index contributed by atoms with van der Waals surface area (Å²) in [6.45, 7) is 3.20. The molecule has 5 nitrogen and oxygen atoms in total. The summed E-state index contributed by atoms with van der Waals surface area (Å²) in [5.41, 5.74) is 0. The van der Waals surface area contributed by atoms with Crippen molar-refractivity contribution < 1.29 is 18.6 Å². The zero-order valence-electron chi connectivity index (χ0n) is 7.52. The van der Waals surface area contributed by atoms with Crippen LogP contribution in [0.2, 0.25) is 0 Å². The lowest BCUT2D eigenvalue weighted by Crippen LogP contribution is -2.16. The van der Waals surface area contributed by atoms with Crippen LogP contribution in [0.3, 0.4) is 0 Å².